The van der Waals surface area contributed by atoms with Gasteiger partial charge in [0.1, 0.15) is 29.5 Å². The monoisotopic (exact) mass is 719 g/mol. The molecule has 282 valence electrons. The zero-order chi connectivity index (χ0) is 37.4. The minimum Gasteiger partial charge on any atom is -0.507 e. The van der Waals surface area contributed by atoms with Gasteiger partial charge in [0.2, 0.25) is 0 Å². The summed E-state index contributed by atoms with van der Waals surface area (Å²) >= 11 is 0. The van der Waals surface area contributed by atoms with Crippen molar-refractivity contribution in [2.75, 3.05) is 20.3 Å². The molecule has 1 aliphatic carbocycles. The maximum atomic E-state index is 10.7. The number of para-hydroxylation sites is 3. The van der Waals surface area contributed by atoms with Gasteiger partial charge in [-0.05, 0) is 114 Å². The average Bonchev–Trinajstić information content (AvgIpc) is 3.53. The van der Waals surface area contributed by atoms with Crippen LogP contribution in [0.5, 0.6) is 28.7 Å². The van der Waals surface area contributed by atoms with E-state index in [1.165, 1.54) is 30.4 Å². The van der Waals surface area contributed by atoms with E-state index in [1.54, 1.807) is 7.11 Å². The van der Waals surface area contributed by atoms with Gasteiger partial charge in [0.25, 0.3) is 0 Å². The van der Waals surface area contributed by atoms with Crippen LogP contribution in [0, 0.1) is 5.92 Å². The largest absolute Gasteiger partial charge is 0.507 e. The van der Waals surface area contributed by atoms with Crippen LogP contribution in [0.2, 0.25) is 0 Å². The SMILES string of the molecule is CCCCCc1cc(O)c2c(c1)OC(C)(C)[C@H]1CCC(C)=C[C@H]21.COc1ccccc1OCCCCC(O)COc1cccc2[nH]c3ccccc3c12. The number of H-pyrrole nitrogens is 1. The Kier molecular flexibility index (Phi) is 12.6. The van der Waals surface area contributed by atoms with Crippen molar-refractivity contribution < 1.29 is 29.2 Å². The van der Waals surface area contributed by atoms with Crippen molar-refractivity contribution in [2.24, 2.45) is 5.92 Å². The zero-order valence-electron chi connectivity index (χ0n) is 32.1. The number of allylic oxidation sites excluding steroid dienone is 2. The summed E-state index contributed by atoms with van der Waals surface area (Å²) in [5.74, 6) is 4.32. The molecule has 1 aliphatic heterocycles. The summed E-state index contributed by atoms with van der Waals surface area (Å²) < 4.78 is 23.4. The molecule has 1 aromatic heterocycles. The third-order valence-corrected chi connectivity index (χ3v) is 10.8. The Labute approximate surface area is 314 Å². The number of aliphatic hydroxyl groups excluding tert-OH is 1. The normalized spacial score (nSPS) is 17.8. The minimum atomic E-state index is -0.517. The van der Waals surface area contributed by atoms with Crippen LogP contribution in [-0.4, -0.2) is 47.2 Å². The number of aromatic nitrogens is 1. The second-order valence-corrected chi connectivity index (χ2v) is 15.2. The fraction of sp³-hybridized carbons (Fsp3) is 0.435. The Hall–Kier alpha value is -4.62. The van der Waals surface area contributed by atoms with Crippen molar-refractivity contribution in [1.82, 2.24) is 4.98 Å². The molecule has 2 aliphatic rings. The third kappa shape index (κ3) is 9.13. The number of methoxy groups -OCH3 is 1. The Morgan fingerprint density at radius 3 is 2.45 bits per heavy atom. The number of nitrogens with one attached hydrogen (secondary N) is 1. The Bertz CT molecular complexity index is 1990. The first kappa shape index (κ1) is 38.1. The molecule has 2 heterocycles. The predicted molar refractivity (Wildman–Crippen MR) is 215 cm³/mol. The van der Waals surface area contributed by atoms with Gasteiger partial charge in [-0.2, -0.15) is 0 Å². The van der Waals surface area contributed by atoms with Gasteiger partial charge in [0.15, 0.2) is 11.5 Å². The molecule has 0 radical (unpaired) electrons. The van der Waals surface area contributed by atoms with E-state index < -0.39 is 6.10 Å². The zero-order valence-corrected chi connectivity index (χ0v) is 32.1. The molecule has 7 nitrogen and oxygen atoms in total. The van der Waals surface area contributed by atoms with E-state index in [2.05, 4.69) is 57.0 Å². The molecule has 0 saturated heterocycles. The molecule has 3 N–H and O–H groups in total. The van der Waals surface area contributed by atoms with Crippen LogP contribution in [0.4, 0.5) is 0 Å². The standard InChI is InChI=1S/C25H27NO4.C21H30O2/c1-28-22-13-4-5-14-23(22)29-16-7-6-9-18(27)17-30-24-15-8-12-21-25(24)19-10-2-3-11-20(19)26-21;1-5-6-7-8-15-12-18(22)20-16-11-14(2)9-10-17(16)21(3,4)23-19(20)13-15/h2-5,8,10-15,18,26-27H,6-7,9,16-17H2,1H3;11-13,16-17,22H,5-10H2,1-4H3/t;16-,17-/m.0/s1. The van der Waals surface area contributed by atoms with Gasteiger partial charge in [-0.1, -0.05) is 67.8 Å². The van der Waals surface area contributed by atoms with E-state index in [1.807, 2.05) is 60.7 Å². The quantitative estimate of drug-likeness (QED) is 0.0781. The molecule has 7 heteroatoms. The minimum absolute atomic E-state index is 0.177. The number of rotatable bonds is 14. The van der Waals surface area contributed by atoms with Crippen molar-refractivity contribution in [3.8, 4) is 28.7 Å². The second-order valence-electron chi connectivity index (χ2n) is 15.2. The molecule has 3 atom stereocenters. The first-order valence-electron chi connectivity index (χ1n) is 19.5. The summed E-state index contributed by atoms with van der Waals surface area (Å²) in [4.78, 5) is 3.41. The third-order valence-electron chi connectivity index (χ3n) is 10.8. The maximum Gasteiger partial charge on any atom is 0.161 e. The molecular weight excluding hydrogens is 663 g/mol. The summed E-state index contributed by atoms with van der Waals surface area (Å²) in [6.45, 7) is 9.67. The number of hydrogen-bond donors (Lipinski definition) is 3. The highest BCUT2D eigenvalue weighted by Crippen LogP contribution is 2.53. The van der Waals surface area contributed by atoms with Gasteiger partial charge < -0.3 is 34.1 Å². The van der Waals surface area contributed by atoms with Crippen LogP contribution < -0.4 is 18.9 Å². The first-order valence-corrected chi connectivity index (χ1v) is 19.5. The predicted octanol–water partition coefficient (Wildman–Crippen LogP) is 11.1. The molecule has 0 saturated carbocycles. The highest BCUT2D eigenvalue weighted by Gasteiger charge is 2.45. The fourth-order valence-corrected chi connectivity index (χ4v) is 7.96. The number of fused-ring (bicyclic) bond motifs is 6. The average molecular weight is 720 g/mol. The van der Waals surface area contributed by atoms with Crippen LogP contribution in [0.3, 0.4) is 0 Å². The second kappa shape index (κ2) is 17.5. The molecule has 53 heavy (non-hydrogen) atoms. The Morgan fingerprint density at radius 1 is 0.887 bits per heavy atom. The number of hydrogen-bond acceptors (Lipinski definition) is 6. The number of aryl methyl sites for hydroxylation is 1. The number of phenolic OH excluding ortho intramolecular Hbond substituents is 1. The maximum absolute atomic E-state index is 10.7. The Morgan fingerprint density at radius 2 is 1.64 bits per heavy atom. The van der Waals surface area contributed by atoms with E-state index in [9.17, 15) is 10.2 Å². The summed E-state index contributed by atoms with van der Waals surface area (Å²) in [6, 6.07) is 25.9. The number of aromatic hydroxyl groups is 1. The molecular formula is C46H57NO6. The number of unbranched alkanes of at least 4 members (excludes halogenated alkanes) is 3. The van der Waals surface area contributed by atoms with E-state index in [0.29, 0.717) is 24.7 Å². The number of ether oxygens (including phenoxy) is 4. The first-order chi connectivity index (χ1) is 25.7. The summed E-state index contributed by atoms with van der Waals surface area (Å²) in [6.07, 6.45) is 11.1. The molecule has 7 rings (SSSR count). The lowest BCUT2D eigenvalue weighted by Crippen LogP contribution is -2.45. The van der Waals surface area contributed by atoms with Gasteiger partial charge >= 0.3 is 0 Å². The molecule has 0 amide bonds. The Balaban J connectivity index is 0.000000188. The van der Waals surface area contributed by atoms with Crippen molar-refractivity contribution in [2.45, 2.75) is 103 Å². The topological polar surface area (TPSA) is 93.2 Å². The summed E-state index contributed by atoms with van der Waals surface area (Å²) in [7, 11) is 1.63. The van der Waals surface area contributed by atoms with Crippen molar-refractivity contribution in [1.29, 1.82) is 0 Å². The highest BCUT2D eigenvalue weighted by molar-refractivity contribution is 6.10. The van der Waals surface area contributed by atoms with Gasteiger partial charge in [-0.3, -0.25) is 0 Å². The van der Waals surface area contributed by atoms with E-state index >= 15 is 0 Å². The molecule has 0 fully saturated rings. The van der Waals surface area contributed by atoms with Crippen LogP contribution in [-0.2, 0) is 6.42 Å². The smallest absolute Gasteiger partial charge is 0.161 e. The van der Waals surface area contributed by atoms with Crippen LogP contribution in [0.1, 0.15) is 96.1 Å². The van der Waals surface area contributed by atoms with Crippen molar-refractivity contribution >= 4 is 21.8 Å². The lowest BCUT2D eigenvalue weighted by molar-refractivity contribution is 0.0107. The van der Waals surface area contributed by atoms with Crippen molar-refractivity contribution in [3.63, 3.8) is 0 Å². The van der Waals surface area contributed by atoms with Gasteiger partial charge in [-0.15, -0.1) is 0 Å². The van der Waals surface area contributed by atoms with Gasteiger partial charge in [-0.25, -0.2) is 0 Å². The number of benzene rings is 4. The van der Waals surface area contributed by atoms with Crippen molar-refractivity contribution in [3.05, 3.63) is 102 Å². The lowest BCUT2D eigenvalue weighted by atomic mass is 9.68. The molecule has 0 spiro atoms. The fourth-order valence-electron chi connectivity index (χ4n) is 7.96. The number of aromatic amines is 1. The van der Waals surface area contributed by atoms with Crippen LogP contribution in [0.15, 0.2) is 90.5 Å². The summed E-state index contributed by atoms with van der Waals surface area (Å²) in [5.41, 5.74) is 5.58. The van der Waals surface area contributed by atoms with E-state index in [0.717, 1.165) is 82.5 Å². The molecule has 1 unspecified atom stereocenters. The lowest BCUT2D eigenvalue weighted by Gasteiger charge is -2.46. The number of phenols is 1. The van der Waals surface area contributed by atoms with E-state index in [-0.39, 0.29) is 18.1 Å². The number of aliphatic hydroxyl groups is 1. The van der Waals surface area contributed by atoms with E-state index in [4.69, 9.17) is 18.9 Å². The van der Waals surface area contributed by atoms with Crippen LogP contribution >= 0.6 is 0 Å². The van der Waals surface area contributed by atoms with Gasteiger partial charge in [0.05, 0.1) is 25.3 Å². The molecule has 0 bridgehead atoms. The highest BCUT2D eigenvalue weighted by atomic mass is 16.5. The molecule has 4 aromatic carbocycles. The van der Waals surface area contributed by atoms with Gasteiger partial charge in [0, 0.05) is 33.7 Å². The molecule has 5 aromatic rings. The summed E-state index contributed by atoms with van der Waals surface area (Å²) in [5, 5.41) is 23.2. The van der Waals surface area contributed by atoms with Crippen LogP contribution in [0.25, 0.3) is 21.8 Å².